The van der Waals surface area contributed by atoms with Crippen LogP contribution >= 0.6 is 22.9 Å². The van der Waals surface area contributed by atoms with Crippen molar-refractivity contribution in [1.82, 2.24) is 0 Å². The van der Waals surface area contributed by atoms with E-state index in [0.717, 1.165) is 11.3 Å². The zero-order valence-electron chi connectivity index (χ0n) is 9.47. The van der Waals surface area contributed by atoms with Crippen LogP contribution in [0.25, 0.3) is 0 Å². The van der Waals surface area contributed by atoms with Gasteiger partial charge in [0.2, 0.25) is 0 Å². The van der Waals surface area contributed by atoms with Crippen LogP contribution in [0.5, 0.6) is 0 Å². The van der Waals surface area contributed by atoms with Gasteiger partial charge in [0.05, 0.1) is 15.8 Å². The highest BCUT2D eigenvalue weighted by molar-refractivity contribution is 7.12. The summed E-state index contributed by atoms with van der Waals surface area (Å²) < 4.78 is 38.7. The SMILES string of the molecule is O=C(c1sccc1Cl)C1CCCCC1C(F)(F)F. The second kappa shape index (κ2) is 5.21. The van der Waals surface area contributed by atoms with Gasteiger partial charge in [0.15, 0.2) is 5.78 Å². The first kappa shape index (κ1) is 13.9. The zero-order valence-corrected chi connectivity index (χ0v) is 11.0. The number of rotatable bonds is 2. The van der Waals surface area contributed by atoms with Gasteiger partial charge in [0, 0.05) is 5.92 Å². The molecule has 0 saturated heterocycles. The lowest BCUT2D eigenvalue weighted by Gasteiger charge is -2.31. The van der Waals surface area contributed by atoms with Crippen LogP contribution < -0.4 is 0 Å². The van der Waals surface area contributed by atoms with Gasteiger partial charge in [-0.25, -0.2) is 0 Å². The third kappa shape index (κ3) is 2.72. The Balaban J connectivity index is 2.25. The van der Waals surface area contributed by atoms with Crippen molar-refractivity contribution in [1.29, 1.82) is 0 Å². The molecule has 1 aliphatic rings. The summed E-state index contributed by atoms with van der Waals surface area (Å²) in [7, 11) is 0. The first-order valence-electron chi connectivity index (χ1n) is 5.75. The number of ketones is 1. The molecule has 6 heteroatoms. The van der Waals surface area contributed by atoms with Gasteiger partial charge in [-0.3, -0.25) is 4.79 Å². The number of carbonyl (C=O) groups is 1. The lowest BCUT2D eigenvalue weighted by atomic mass is 9.76. The second-order valence-corrected chi connectivity index (χ2v) is 5.82. The Bertz CT molecular complexity index is 441. The molecular formula is C12H12ClF3OS. The van der Waals surface area contributed by atoms with E-state index in [1.165, 1.54) is 0 Å². The average molecular weight is 297 g/mol. The topological polar surface area (TPSA) is 17.1 Å². The van der Waals surface area contributed by atoms with Gasteiger partial charge in [0.25, 0.3) is 0 Å². The van der Waals surface area contributed by atoms with Crippen LogP contribution in [0.15, 0.2) is 11.4 Å². The van der Waals surface area contributed by atoms with Crippen molar-refractivity contribution in [3.05, 3.63) is 21.3 Å². The lowest BCUT2D eigenvalue weighted by Crippen LogP contribution is -2.37. The van der Waals surface area contributed by atoms with Crippen LogP contribution in [-0.2, 0) is 0 Å². The number of alkyl halides is 3. The molecule has 0 radical (unpaired) electrons. The minimum atomic E-state index is -4.30. The number of thiophene rings is 1. The van der Waals surface area contributed by atoms with Crippen molar-refractivity contribution in [3.63, 3.8) is 0 Å². The highest BCUT2D eigenvalue weighted by atomic mass is 35.5. The summed E-state index contributed by atoms with van der Waals surface area (Å²) in [4.78, 5) is 12.4. The molecule has 1 saturated carbocycles. The van der Waals surface area contributed by atoms with Crippen molar-refractivity contribution in [3.8, 4) is 0 Å². The van der Waals surface area contributed by atoms with E-state index in [1.807, 2.05) is 0 Å². The summed E-state index contributed by atoms with van der Waals surface area (Å²) in [6.07, 6.45) is -2.75. The molecule has 18 heavy (non-hydrogen) atoms. The summed E-state index contributed by atoms with van der Waals surface area (Å²) in [5.74, 6) is -2.93. The summed E-state index contributed by atoms with van der Waals surface area (Å²) in [5, 5.41) is 1.89. The molecule has 0 N–H and O–H groups in total. The fourth-order valence-corrected chi connectivity index (χ4v) is 3.63. The maximum absolute atomic E-state index is 12.9. The Morgan fingerprint density at radius 1 is 1.33 bits per heavy atom. The van der Waals surface area contributed by atoms with Crippen LogP contribution in [0.1, 0.15) is 35.4 Å². The second-order valence-electron chi connectivity index (χ2n) is 4.50. The third-order valence-corrected chi connectivity index (χ3v) is 4.72. The van der Waals surface area contributed by atoms with Gasteiger partial charge in [-0.05, 0) is 24.3 Å². The molecular weight excluding hydrogens is 285 g/mol. The van der Waals surface area contributed by atoms with E-state index >= 15 is 0 Å². The monoisotopic (exact) mass is 296 g/mol. The summed E-state index contributed by atoms with van der Waals surface area (Å²) in [6.45, 7) is 0. The quantitative estimate of drug-likeness (QED) is 0.706. The normalized spacial score (nSPS) is 25.1. The van der Waals surface area contributed by atoms with E-state index in [9.17, 15) is 18.0 Å². The zero-order chi connectivity index (χ0) is 13.3. The van der Waals surface area contributed by atoms with E-state index in [-0.39, 0.29) is 16.3 Å². The number of carbonyl (C=O) groups excluding carboxylic acids is 1. The molecule has 1 nitrogen and oxygen atoms in total. The van der Waals surface area contributed by atoms with E-state index in [4.69, 9.17) is 11.6 Å². The van der Waals surface area contributed by atoms with Crippen LogP contribution in [0, 0.1) is 11.8 Å². The number of halogens is 4. The maximum Gasteiger partial charge on any atom is 0.392 e. The van der Waals surface area contributed by atoms with Crippen molar-refractivity contribution >= 4 is 28.7 Å². The molecule has 0 amide bonds. The first-order chi connectivity index (χ1) is 8.41. The molecule has 1 aromatic rings. The summed E-state index contributed by atoms with van der Waals surface area (Å²) >= 11 is 6.94. The summed E-state index contributed by atoms with van der Waals surface area (Å²) in [5.41, 5.74) is 0. The molecule has 100 valence electrons. The Morgan fingerprint density at radius 3 is 2.56 bits per heavy atom. The Labute approximate surface area is 112 Å². The van der Waals surface area contributed by atoms with Crippen LogP contribution in [0.2, 0.25) is 5.02 Å². The number of hydrogen-bond acceptors (Lipinski definition) is 2. The number of Topliss-reactive ketones (excluding diaryl/α,β-unsaturated/α-hetero) is 1. The third-order valence-electron chi connectivity index (χ3n) is 3.36. The van der Waals surface area contributed by atoms with Gasteiger partial charge in [0.1, 0.15) is 0 Å². The first-order valence-corrected chi connectivity index (χ1v) is 7.01. The fraction of sp³-hybridized carbons (Fsp3) is 0.583. The van der Waals surface area contributed by atoms with E-state index in [0.29, 0.717) is 19.3 Å². The van der Waals surface area contributed by atoms with E-state index in [2.05, 4.69) is 0 Å². The molecule has 2 unspecified atom stereocenters. The molecule has 2 atom stereocenters. The minimum absolute atomic E-state index is 0.0445. The average Bonchev–Trinajstić information content (AvgIpc) is 2.73. The molecule has 0 aliphatic heterocycles. The fourth-order valence-electron chi connectivity index (χ4n) is 2.47. The summed E-state index contributed by atoms with van der Waals surface area (Å²) in [6, 6.07) is 1.55. The van der Waals surface area contributed by atoms with Crippen molar-refractivity contribution in [2.24, 2.45) is 11.8 Å². The molecule has 0 spiro atoms. The van der Waals surface area contributed by atoms with E-state index in [1.54, 1.807) is 11.4 Å². The molecule has 1 fully saturated rings. The largest absolute Gasteiger partial charge is 0.392 e. The number of hydrogen-bond donors (Lipinski definition) is 0. The predicted octanol–water partition coefficient (Wildman–Crippen LogP) is 4.95. The van der Waals surface area contributed by atoms with Gasteiger partial charge in [-0.2, -0.15) is 13.2 Å². The Hall–Kier alpha value is -0.550. The van der Waals surface area contributed by atoms with Gasteiger partial charge < -0.3 is 0 Å². The van der Waals surface area contributed by atoms with Crippen molar-refractivity contribution in [2.45, 2.75) is 31.9 Å². The van der Waals surface area contributed by atoms with Crippen molar-refractivity contribution in [2.75, 3.05) is 0 Å². The molecule has 2 rings (SSSR count). The maximum atomic E-state index is 12.9. The molecule has 0 aromatic carbocycles. The van der Waals surface area contributed by atoms with Gasteiger partial charge in [-0.1, -0.05) is 24.4 Å². The van der Waals surface area contributed by atoms with Crippen LogP contribution in [0.4, 0.5) is 13.2 Å². The standard InChI is InChI=1S/C12H12ClF3OS/c13-9-5-6-18-11(9)10(17)7-3-1-2-4-8(7)12(14,15)16/h5-8H,1-4H2. The van der Waals surface area contributed by atoms with Crippen LogP contribution in [-0.4, -0.2) is 12.0 Å². The molecule has 1 heterocycles. The highest BCUT2D eigenvalue weighted by Crippen LogP contribution is 2.43. The lowest BCUT2D eigenvalue weighted by molar-refractivity contribution is -0.190. The van der Waals surface area contributed by atoms with Crippen LogP contribution in [0.3, 0.4) is 0 Å². The highest BCUT2D eigenvalue weighted by Gasteiger charge is 2.48. The minimum Gasteiger partial charge on any atom is -0.293 e. The predicted molar refractivity (Wildman–Crippen MR) is 65.2 cm³/mol. The molecule has 0 bridgehead atoms. The van der Waals surface area contributed by atoms with E-state index < -0.39 is 23.8 Å². The van der Waals surface area contributed by atoms with Gasteiger partial charge >= 0.3 is 6.18 Å². The molecule has 1 aromatic heterocycles. The Morgan fingerprint density at radius 2 is 2.00 bits per heavy atom. The van der Waals surface area contributed by atoms with Gasteiger partial charge in [-0.15, -0.1) is 11.3 Å². The Kier molecular flexibility index (Phi) is 4.02. The molecule has 1 aliphatic carbocycles. The smallest absolute Gasteiger partial charge is 0.293 e. The van der Waals surface area contributed by atoms with Crippen molar-refractivity contribution < 1.29 is 18.0 Å².